The molecule has 1 saturated heterocycles. The third-order valence-electron chi connectivity index (χ3n) is 4.77. The van der Waals surface area contributed by atoms with Gasteiger partial charge < -0.3 is 9.88 Å². The lowest BCUT2D eigenvalue weighted by Gasteiger charge is -2.31. The van der Waals surface area contributed by atoms with E-state index < -0.39 is 0 Å². The lowest BCUT2D eigenvalue weighted by Crippen LogP contribution is -2.38. The van der Waals surface area contributed by atoms with E-state index in [4.69, 9.17) is 0 Å². The van der Waals surface area contributed by atoms with E-state index in [9.17, 15) is 9.59 Å². The van der Waals surface area contributed by atoms with E-state index in [1.54, 1.807) is 30.7 Å². The normalized spacial score (nSPS) is 14.9. The molecule has 3 aromatic heterocycles. The van der Waals surface area contributed by atoms with Crippen LogP contribution in [-0.2, 0) is 0 Å². The standard InChI is InChI=1S/C20H19N5O2/c26-18-12-17(15-4-3-8-21-13-15)23-19(24-18)14-6-10-25(11-7-14)20(27)16-5-1-2-9-22-16/h1-5,8-9,12-14H,6-7,10-11H2,(H,23,24,26). The van der Waals surface area contributed by atoms with Gasteiger partial charge in [-0.15, -0.1) is 0 Å². The van der Waals surface area contributed by atoms with Crippen molar-refractivity contribution in [1.82, 2.24) is 24.8 Å². The van der Waals surface area contributed by atoms with E-state index in [0.717, 1.165) is 18.4 Å². The number of pyridine rings is 2. The Labute approximate surface area is 156 Å². The van der Waals surface area contributed by atoms with Gasteiger partial charge in [-0.05, 0) is 37.1 Å². The quantitative estimate of drug-likeness (QED) is 0.772. The largest absolute Gasteiger partial charge is 0.337 e. The van der Waals surface area contributed by atoms with Crippen LogP contribution in [0.15, 0.2) is 59.8 Å². The molecule has 0 aromatic carbocycles. The summed E-state index contributed by atoms with van der Waals surface area (Å²) in [5.74, 6) is 0.730. The van der Waals surface area contributed by atoms with E-state index in [-0.39, 0.29) is 17.4 Å². The molecule has 0 aliphatic carbocycles. The first-order valence-electron chi connectivity index (χ1n) is 8.92. The van der Waals surface area contributed by atoms with Gasteiger partial charge in [0.1, 0.15) is 11.5 Å². The van der Waals surface area contributed by atoms with Gasteiger partial charge in [0.15, 0.2) is 0 Å². The van der Waals surface area contributed by atoms with Crippen molar-refractivity contribution < 1.29 is 4.79 Å². The SMILES string of the molecule is O=C(c1ccccn1)N1CCC(c2nc(-c3cccnc3)cc(=O)[nH]2)CC1. The highest BCUT2D eigenvalue weighted by Gasteiger charge is 2.26. The molecule has 4 heterocycles. The van der Waals surface area contributed by atoms with Crippen LogP contribution in [0.2, 0.25) is 0 Å². The number of piperidine rings is 1. The van der Waals surface area contributed by atoms with E-state index >= 15 is 0 Å². The number of nitrogens with one attached hydrogen (secondary N) is 1. The fraction of sp³-hybridized carbons (Fsp3) is 0.250. The minimum atomic E-state index is -0.175. The van der Waals surface area contributed by atoms with Gasteiger partial charge in [-0.3, -0.25) is 19.6 Å². The van der Waals surface area contributed by atoms with Crippen molar-refractivity contribution in [1.29, 1.82) is 0 Å². The molecule has 1 amide bonds. The zero-order valence-corrected chi connectivity index (χ0v) is 14.7. The van der Waals surface area contributed by atoms with Gasteiger partial charge >= 0.3 is 0 Å². The predicted octanol–water partition coefficient (Wildman–Crippen LogP) is 2.25. The van der Waals surface area contributed by atoms with Gasteiger partial charge in [-0.1, -0.05) is 6.07 Å². The number of likely N-dealkylation sites (tertiary alicyclic amines) is 1. The average Bonchev–Trinajstić information content (AvgIpc) is 2.74. The molecule has 0 unspecified atom stereocenters. The van der Waals surface area contributed by atoms with Crippen LogP contribution in [0.4, 0.5) is 0 Å². The molecule has 1 fully saturated rings. The molecule has 0 saturated carbocycles. The first-order chi connectivity index (χ1) is 13.2. The summed E-state index contributed by atoms with van der Waals surface area (Å²) in [6.45, 7) is 1.22. The van der Waals surface area contributed by atoms with Crippen LogP contribution < -0.4 is 5.56 Å². The minimum Gasteiger partial charge on any atom is -0.337 e. The van der Waals surface area contributed by atoms with Gasteiger partial charge in [0.25, 0.3) is 11.5 Å². The van der Waals surface area contributed by atoms with Gasteiger partial charge in [0.2, 0.25) is 0 Å². The number of H-pyrrole nitrogens is 1. The summed E-state index contributed by atoms with van der Waals surface area (Å²) in [6, 6.07) is 10.5. The Morgan fingerprint density at radius 3 is 2.67 bits per heavy atom. The molecule has 7 nitrogen and oxygen atoms in total. The molecule has 0 radical (unpaired) electrons. The Balaban J connectivity index is 1.49. The molecule has 4 rings (SSSR count). The summed E-state index contributed by atoms with van der Waals surface area (Å²) < 4.78 is 0. The van der Waals surface area contributed by atoms with Crippen LogP contribution in [-0.4, -0.2) is 43.8 Å². The summed E-state index contributed by atoms with van der Waals surface area (Å²) >= 11 is 0. The number of nitrogens with zero attached hydrogens (tertiary/aromatic N) is 4. The van der Waals surface area contributed by atoms with E-state index in [1.165, 1.54) is 6.07 Å². The highest BCUT2D eigenvalue weighted by atomic mass is 16.2. The molecule has 27 heavy (non-hydrogen) atoms. The highest BCUT2D eigenvalue weighted by Crippen LogP contribution is 2.27. The van der Waals surface area contributed by atoms with Crippen LogP contribution in [0.1, 0.15) is 35.1 Å². The number of rotatable bonds is 3. The molecule has 3 aromatic rings. The maximum Gasteiger partial charge on any atom is 0.272 e. The van der Waals surface area contributed by atoms with Crippen LogP contribution in [0, 0.1) is 0 Å². The fourth-order valence-electron chi connectivity index (χ4n) is 3.34. The van der Waals surface area contributed by atoms with E-state index in [2.05, 4.69) is 19.9 Å². The number of hydrogen-bond donors (Lipinski definition) is 1. The predicted molar refractivity (Wildman–Crippen MR) is 100 cm³/mol. The Bertz CT molecular complexity index is 980. The highest BCUT2D eigenvalue weighted by molar-refractivity contribution is 5.92. The smallest absolute Gasteiger partial charge is 0.272 e. The molecule has 0 spiro atoms. The average molecular weight is 361 g/mol. The molecular formula is C20H19N5O2. The van der Waals surface area contributed by atoms with Crippen LogP contribution in [0.3, 0.4) is 0 Å². The maximum absolute atomic E-state index is 12.5. The first kappa shape index (κ1) is 17.1. The van der Waals surface area contributed by atoms with Crippen molar-refractivity contribution in [2.75, 3.05) is 13.1 Å². The lowest BCUT2D eigenvalue weighted by atomic mass is 9.95. The Hall–Kier alpha value is -3.35. The Morgan fingerprint density at radius 2 is 1.96 bits per heavy atom. The van der Waals surface area contributed by atoms with Gasteiger partial charge in [0, 0.05) is 49.2 Å². The van der Waals surface area contributed by atoms with Crippen LogP contribution in [0.5, 0.6) is 0 Å². The Kier molecular flexibility index (Phi) is 4.74. The second-order valence-corrected chi connectivity index (χ2v) is 6.54. The van der Waals surface area contributed by atoms with Crippen molar-refractivity contribution in [2.24, 2.45) is 0 Å². The molecular weight excluding hydrogens is 342 g/mol. The summed E-state index contributed by atoms with van der Waals surface area (Å²) in [6.07, 6.45) is 6.50. The number of hydrogen-bond acceptors (Lipinski definition) is 5. The third-order valence-corrected chi connectivity index (χ3v) is 4.77. The summed E-state index contributed by atoms with van der Waals surface area (Å²) in [7, 11) is 0. The monoisotopic (exact) mass is 361 g/mol. The number of aromatic nitrogens is 4. The number of aromatic amines is 1. The second-order valence-electron chi connectivity index (χ2n) is 6.54. The lowest BCUT2D eigenvalue weighted by molar-refractivity contribution is 0.0705. The number of amides is 1. The third kappa shape index (κ3) is 3.76. The second kappa shape index (κ2) is 7.49. The van der Waals surface area contributed by atoms with Crippen molar-refractivity contribution in [3.05, 3.63) is 76.9 Å². The van der Waals surface area contributed by atoms with Crippen molar-refractivity contribution in [2.45, 2.75) is 18.8 Å². The van der Waals surface area contributed by atoms with Gasteiger partial charge in [0.05, 0.1) is 5.69 Å². The first-order valence-corrected chi connectivity index (χ1v) is 8.92. The zero-order valence-electron chi connectivity index (χ0n) is 14.7. The van der Waals surface area contributed by atoms with Crippen molar-refractivity contribution >= 4 is 5.91 Å². The molecule has 136 valence electrons. The summed E-state index contributed by atoms with van der Waals surface area (Å²) in [5.41, 5.74) is 1.72. The summed E-state index contributed by atoms with van der Waals surface area (Å²) in [5, 5.41) is 0. The van der Waals surface area contributed by atoms with Crippen LogP contribution >= 0.6 is 0 Å². The Morgan fingerprint density at radius 1 is 1.11 bits per heavy atom. The van der Waals surface area contributed by atoms with Gasteiger partial charge in [-0.2, -0.15) is 0 Å². The van der Waals surface area contributed by atoms with Crippen LogP contribution in [0.25, 0.3) is 11.3 Å². The molecule has 1 aliphatic rings. The van der Waals surface area contributed by atoms with E-state index in [1.807, 2.05) is 23.1 Å². The molecule has 1 N–H and O–H groups in total. The molecule has 1 aliphatic heterocycles. The summed E-state index contributed by atoms with van der Waals surface area (Å²) in [4.78, 5) is 42.1. The van der Waals surface area contributed by atoms with E-state index in [0.29, 0.717) is 30.3 Å². The zero-order chi connectivity index (χ0) is 18.6. The van der Waals surface area contributed by atoms with Gasteiger partial charge in [-0.25, -0.2) is 4.98 Å². The molecule has 0 atom stereocenters. The topological polar surface area (TPSA) is 91.8 Å². The minimum absolute atomic E-state index is 0.0559. The molecule has 7 heteroatoms. The van der Waals surface area contributed by atoms with Crippen molar-refractivity contribution in [3.63, 3.8) is 0 Å². The number of carbonyl (C=O) groups is 1. The number of carbonyl (C=O) groups excluding carboxylic acids is 1. The molecule has 0 bridgehead atoms. The van der Waals surface area contributed by atoms with Crippen molar-refractivity contribution in [3.8, 4) is 11.3 Å². The maximum atomic E-state index is 12.5. The fourth-order valence-corrected chi connectivity index (χ4v) is 3.34.